The van der Waals surface area contributed by atoms with Crippen molar-refractivity contribution in [3.8, 4) is 0 Å². The highest BCUT2D eigenvalue weighted by atomic mass is 16.1. The number of carbonyl (C=O) groups is 1. The van der Waals surface area contributed by atoms with Crippen LogP contribution in [0.1, 0.15) is 16.8 Å². The Bertz CT molecular complexity index is 407. The maximum atomic E-state index is 11.3. The standard InChI is InChI=1S/C12H18N4O/c1-14-7-9-4-6-16(8-9)12-10(11(13)17)3-2-5-15-12/h2-3,5,9,14H,4,6-8H2,1H3,(H2,13,17). The van der Waals surface area contributed by atoms with E-state index >= 15 is 0 Å². The fourth-order valence-corrected chi connectivity index (χ4v) is 2.32. The summed E-state index contributed by atoms with van der Waals surface area (Å²) in [6.07, 6.45) is 2.82. The molecule has 1 aromatic rings. The maximum absolute atomic E-state index is 11.3. The van der Waals surface area contributed by atoms with E-state index in [4.69, 9.17) is 5.73 Å². The second-order valence-electron chi connectivity index (χ2n) is 4.40. The molecule has 0 bridgehead atoms. The summed E-state index contributed by atoms with van der Waals surface area (Å²) in [6.45, 7) is 2.86. The number of rotatable bonds is 4. The van der Waals surface area contributed by atoms with E-state index in [9.17, 15) is 4.79 Å². The molecule has 2 heterocycles. The molecule has 3 N–H and O–H groups in total. The van der Waals surface area contributed by atoms with Crippen LogP contribution in [0.4, 0.5) is 5.82 Å². The Hall–Kier alpha value is -1.62. The van der Waals surface area contributed by atoms with Gasteiger partial charge in [-0.3, -0.25) is 4.79 Å². The highest BCUT2D eigenvalue weighted by Gasteiger charge is 2.25. The Kier molecular flexibility index (Phi) is 3.58. The highest BCUT2D eigenvalue weighted by Crippen LogP contribution is 2.24. The predicted molar refractivity (Wildman–Crippen MR) is 67.0 cm³/mol. The second kappa shape index (κ2) is 5.14. The number of aromatic nitrogens is 1. The zero-order chi connectivity index (χ0) is 12.3. The van der Waals surface area contributed by atoms with Gasteiger partial charge in [-0.1, -0.05) is 0 Å². The normalized spacial score (nSPS) is 19.6. The number of nitrogens with one attached hydrogen (secondary N) is 1. The van der Waals surface area contributed by atoms with Crippen molar-refractivity contribution in [3.63, 3.8) is 0 Å². The Morgan fingerprint density at radius 3 is 3.24 bits per heavy atom. The van der Waals surface area contributed by atoms with Crippen LogP contribution in [-0.2, 0) is 0 Å². The molecule has 1 amide bonds. The molecular weight excluding hydrogens is 216 g/mol. The topological polar surface area (TPSA) is 71.2 Å². The molecule has 1 aliphatic heterocycles. The zero-order valence-corrected chi connectivity index (χ0v) is 10.0. The van der Waals surface area contributed by atoms with Crippen molar-refractivity contribution in [3.05, 3.63) is 23.9 Å². The molecule has 1 unspecified atom stereocenters. The van der Waals surface area contributed by atoms with Crippen molar-refractivity contribution in [2.75, 3.05) is 31.6 Å². The van der Waals surface area contributed by atoms with Gasteiger partial charge in [0.05, 0.1) is 5.56 Å². The van der Waals surface area contributed by atoms with E-state index < -0.39 is 5.91 Å². The van der Waals surface area contributed by atoms with Crippen LogP contribution in [0.3, 0.4) is 0 Å². The predicted octanol–water partition coefficient (Wildman–Crippen LogP) is 0.226. The van der Waals surface area contributed by atoms with Crippen LogP contribution in [0, 0.1) is 5.92 Å². The minimum absolute atomic E-state index is 0.412. The number of anilines is 1. The fraction of sp³-hybridized carbons (Fsp3) is 0.500. The van der Waals surface area contributed by atoms with Gasteiger partial charge in [0.15, 0.2) is 0 Å². The summed E-state index contributed by atoms with van der Waals surface area (Å²) in [7, 11) is 1.96. The lowest BCUT2D eigenvalue weighted by Gasteiger charge is -2.19. The molecule has 17 heavy (non-hydrogen) atoms. The lowest BCUT2D eigenvalue weighted by atomic mass is 10.1. The number of primary amides is 1. The monoisotopic (exact) mass is 234 g/mol. The summed E-state index contributed by atoms with van der Waals surface area (Å²) in [6, 6.07) is 3.47. The van der Waals surface area contributed by atoms with Crippen LogP contribution in [0.2, 0.25) is 0 Å². The van der Waals surface area contributed by atoms with Crippen molar-refractivity contribution < 1.29 is 4.79 Å². The van der Waals surface area contributed by atoms with Crippen LogP contribution >= 0.6 is 0 Å². The Morgan fingerprint density at radius 2 is 2.53 bits per heavy atom. The van der Waals surface area contributed by atoms with E-state index in [0.29, 0.717) is 11.5 Å². The van der Waals surface area contributed by atoms with Crippen LogP contribution in [0.25, 0.3) is 0 Å². The lowest BCUT2D eigenvalue weighted by Crippen LogP contribution is -2.27. The summed E-state index contributed by atoms with van der Waals surface area (Å²) in [5, 5.41) is 3.18. The number of carbonyl (C=O) groups excluding carboxylic acids is 1. The molecule has 1 atom stereocenters. The van der Waals surface area contributed by atoms with E-state index in [1.54, 1.807) is 18.3 Å². The Labute approximate surface area is 101 Å². The van der Waals surface area contributed by atoms with Crippen molar-refractivity contribution in [1.82, 2.24) is 10.3 Å². The molecule has 1 fully saturated rings. The molecule has 2 rings (SSSR count). The SMILES string of the molecule is CNCC1CCN(c2ncccc2C(N)=O)C1. The molecular formula is C12H18N4O. The average molecular weight is 234 g/mol. The van der Waals surface area contributed by atoms with Gasteiger partial charge in [-0.2, -0.15) is 0 Å². The minimum atomic E-state index is -0.412. The van der Waals surface area contributed by atoms with Crippen LogP contribution in [0.15, 0.2) is 18.3 Å². The van der Waals surface area contributed by atoms with Crippen molar-refractivity contribution in [2.45, 2.75) is 6.42 Å². The highest BCUT2D eigenvalue weighted by molar-refractivity contribution is 5.97. The first-order chi connectivity index (χ1) is 8.22. The van der Waals surface area contributed by atoms with E-state index in [1.165, 1.54) is 0 Å². The zero-order valence-electron chi connectivity index (χ0n) is 10.0. The van der Waals surface area contributed by atoms with E-state index in [2.05, 4.69) is 15.2 Å². The number of hydrogen-bond donors (Lipinski definition) is 2. The van der Waals surface area contributed by atoms with Crippen molar-refractivity contribution in [2.24, 2.45) is 11.7 Å². The number of pyridine rings is 1. The Balaban J connectivity index is 2.16. The number of nitrogens with zero attached hydrogens (tertiary/aromatic N) is 2. The molecule has 92 valence electrons. The van der Waals surface area contributed by atoms with Gasteiger partial charge in [0.1, 0.15) is 5.82 Å². The second-order valence-corrected chi connectivity index (χ2v) is 4.40. The van der Waals surface area contributed by atoms with E-state index in [-0.39, 0.29) is 0 Å². The smallest absolute Gasteiger partial charge is 0.252 e. The van der Waals surface area contributed by atoms with Crippen molar-refractivity contribution >= 4 is 11.7 Å². The largest absolute Gasteiger partial charge is 0.365 e. The van der Waals surface area contributed by atoms with E-state index in [1.807, 2.05) is 7.05 Å². The molecule has 0 spiro atoms. The molecule has 0 radical (unpaired) electrons. The van der Waals surface area contributed by atoms with E-state index in [0.717, 1.165) is 31.9 Å². The average Bonchev–Trinajstić information content (AvgIpc) is 2.78. The minimum Gasteiger partial charge on any atom is -0.365 e. The van der Waals surface area contributed by atoms with Crippen LogP contribution in [0.5, 0.6) is 0 Å². The molecule has 1 aliphatic rings. The first-order valence-electron chi connectivity index (χ1n) is 5.86. The Morgan fingerprint density at radius 1 is 1.71 bits per heavy atom. The van der Waals surface area contributed by atoms with Gasteiger partial charge in [-0.15, -0.1) is 0 Å². The van der Waals surface area contributed by atoms with Gasteiger partial charge in [0, 0.05) is 19.3 Å². The summed E-state index contributed by atoms with van der Waals surface area (Å²) in [5.41, 5.74) is 5.87. The molecule has 1 saturated heterocycles. The molecule has 5 heteroatoms. The maximum Gasteiger partial charge on any atom is 0.252 e. The van der Waals surface area contributed by atoms with Gasteiger partial charge in [0.2, 0.25) is 0 Å². The fourth-order valence-electron chi connectivity index (χ4n) is 2.32. The van der Waals surface area contributed by atoms with Gasteiger partial charge in [0.25, 0.3) is 5.91 Å². The third-order valence-corrected chi connectivity index (χ3v) is 3.13. The number of nitrogens with two attached hydrogens (primary N) is 1. The molecule has 0 aromatic carbocycles. The van der Waals surface area contributed by atoms with Gasteiger partial charge in [-0.25, -0.2) is 4.98 Å². The third-order valence-electron chi connectivity index (χ3n) is 3.13. The van der Waals surface area contributed by atoms with Crippen LogP contribution < -0.4 is 16.0 Å². The molecule has 5 nitrogen and oxygen atoms in total. The molecule has 1 aromatic heterocycles. The summed E-state index contributed by atoms with van der Waals surface area (Å²) < 4.78 is 0. The van der Waals surface area contributed by atoms with Gasteiger partial charge < -0.3 is 16.0 Å². The van der Waals surface area contributed by atoms with Crippen LogP contribution in [-0.4, -0.2) is 37.6 Å². The third kappa shape index (κ3) is 2.55. The van der Waals surface area contributed by atoms with Gasteiger partial charge >= 0.3 is 0 Å². The first-order valence-corrected chi connectivity index (χ1v) is 5.86. The van der Waals surface area contributed by atoms with Gasteiger partial charge in [-0.05, 0) is 38.1 Å². The number of hydrogen-bond acceptors (Lipinski definition) is 4. The summed E-state index contributed by atoms with van der Waals surface area (Å²) in [5.74, 6) is 0.923. The summed E-state index contributed by atoms with van der Waals surface area (Å²) in [4.78, 5) is 17.8. The molecule has 0 aliphatic carbocycles. The number of amides is 1. The lowest BCUT2D eigenvalue weighted by molar-refractivity contribution is 0.100. The first kappa shape index (κ1) is 11.9. The van der Waals surface area contributed by atoms with Crippen molar-refractivity contribution in [1.29, 1.82) is 0 Å². The quantitative estimate of drug-likeness (QED) is 0.782. The summed E-state index contributed by atoms with van der Waals surface area (Å²) >= 11 is 0. The molecule has 0 saturated carbocycles.